The normalized spacial score (nSPS) is 12.5. The van der Waals surface area contributed by atoms with Crippen LogP contribution in [0.3, 0.4) is 0 Å². The van der Waals surface area contributed by atoms with Gasteiger partial charge in [0.25, 0.3) is 0 Å². The first-order valence-corrected chi connectivity index (χ1v) is 20.2. The van der Waals surface area contributed by atoms with Crippen LogP contribution in [0, 0.1) is 35.5 Å². The summed E-state index contributed by atoms with van der Waals surface area (Å²) in [5, 5.41) is 24.0. The first-order chi connectivity index (χ1) is 17.3. The van der Waals surface area contributed by atoms with E-state index in [0.29, 0.717) is 72.5 Å². The minimum absolute atomic E-state index is 0.324. The molecule has 0 amide bonds. The Hall–Kier alpha value is 0.450. The molecular formula is C27H65O9P3. The van der Waals surface area contributed by atoms with E-state index in [4.69, 9.17) is 15.3 Å². The largest absolute Gasteiger partial charge is 0.394 e. The second kappa shape index (κ2) is 24.0. The van der Waals surface area contributed by atoms with Crippen LogP contribution in [0.1, 0.15) is 83.1 Å². The standard InChI is InChI=1S/3C8H19O2P.C3H8O3/c3*1-7(2)5-11(9,10)6-8(3)4;4-1-3(6)2-5/h3*7-8H,5-6H2,1-4H3,(H,9,10);3-6H,1-2H2. The van der Waals surface area contributed by atoms with Gasteiger partial charge in [-0.3, -0.25) is 13.7 Å². The fourth-order valence-electron chi connectivity index (χ4n) is 3.70. The maximum Gasteiger partial charge on any atom is 0.201 e. The van der Waals surface area contributed by atoms with Gasteiger partial charge < -0.3 is 30.0 Å². The zero-order chi connectivity index (χ0) is 32.2. The molecule has 0 rings (SSSR count). The van der Waals surface area contributed by atoms with Crippen LogP contribution in [-0.4, -0.2) is 86.3 Å². The van der Waals surface area contributed by atoms with Crippen LogP contribution in [0.4, 0.5) is 0 Å². The van der Waals surface area contributed by atoms with Crippen LogP contribution in [0.5, 0.6) is 0 Å². The number of aliphatic hydroxyl groups is 3. The molecule has 0 saturated heterocycles. The molecule has 39 heavy (non-hydrogen) atoms. The number of hydrogen-bond acceptors (Lipinski definition) is 6. The van der Waals surface area contributed by atoms with Gasteiger partial charge in [-0.15, -0.1) is 0 Å². The van der Waals surface area contributed by atoms with E-state index in [1.54, 1.807) is 0 Å². The van der Waals surface area contributed by atoms with Crippen molar-refractivity contribution in [2.45, 2.75) is 89.2 Å². The van der Waals surface area contributed by atoms with Gasteiger partial charge in [-0.2, -0.15) is 0 Å². The fraction of sp³-hybridized carbons (Fsp3) is 1.00. The summed E-state index contributed by atoms with van der Waals surface area (Å²) in [6, 6.07) is 0. The van der Waals surface area contributed by atoms with Gasteiger partial charge in [0.05, 0.1) is 13.2 Å². The third-order valence-corrected chi connectivity index (χ3v) is 12.1. The van der Waals surface area contributed by atoms with Crippen molar-refractivity contribution in [1.29, 1.82) is 0 Å². The smallest absolute Gasteiger partial charge is 0.201 e. The summed E-state index contributed by atoms with van der Waals surface area (Å²) in [7, 11) is -8.41. The Morgan fingerprint density at radius 1 is 0.410 bits per heavy atom. The first kappa shape index (κ1) is 46.4. The second-order valence-corrected chi connectivity index (χ2v) is 20.3. The van der Waals surface area contributed by atoms with Crippen molar-refractivity contribution in [3.05, 3.63) is 0 Å². The van der Waals surface area contributed by atoms with Crippen LogP contribution in [-0.2, 0) is 13.7 Å². The van der Waals surface area contributed by atoms with Crippen molar-refractivity contribution in [2.24, 2.45) is 35.5 Å². The predicted octanol–water partition coefficient (Wildman–Crippen LogP) is 6.04. The van der Waals surface area contributed by atoms with E-state index in [0.717, 1.165) is 0 Å². The molecular weight excluding hydrogens is 561 g/mol. The van der Waals surface area contributed by atoms with E-state index in [1.807, 2.05) is 83.1 Å². The molecule has 0 radical (unpaired) electrons. The van der Waals surface area contributed by atoms with Gasteiger partial charge in [-0.1, -0.05) is 83.1 Å². The minimum Gasteiger partial charge on any atom is -0.394 e. The molecule has 0 aliphatic heterocycles. The monoisotopic (exact) mass is 626 g/mol. The molecule has 9 nitrogen and oxygen atoms in total. The van der Waals surface area contributed by atoms with Gasteiger partial charge in [0.1, 0.15) is 6.10 Å². The van der Waals surface area contributed by atoms with Gasteiger partial charge in [0.2, 0.25) is 22.1 Å². The van der Waals surface area contributed by atoms with Crippen molar-refractivity contribution in [3.8, 4) is 0 Å². The average Bonchev–Trinajstić information content (AvgIpc) is 2.62. The van der Waals surface area contributed by atoms with Crippen molar-refractivity contribution in [3.63, 3.8) is 0 Å². The number of aliphatic hydroxyl groups excluding tert-OH is 3. The molecule has 0 aliphatic carbocycles. The van der Waals surface area contributed by atoms with Gasteiger partial charge >= 0.3 is 0 Å². The summed E-state index contributed by atoms with van der Waals surface area (Å²) in [6.07, 6.45) is 1.83. The van der Waals surface area contributed by atoms with Crippen LogP contribution >= 0.6 is 22.1 Å². The second-order valence-electron chi connectivity index (χ2n) is 13.0. The van der Waals surface area contributed by atoms with Gasteiger partial charge in [-0.05, 0) is 35.5 Å². The van der Waals surface area contributed by atoms with Crippen LogP contribution < -0.4 is 0 Å². The molecule has 0 spiro atoms. The fourth-order valence-corrected chi connectivity index (χ4v) is 11.0. The zero-order valence-corrected chi connectivity index (χ0v) is 29.6. The van der Waals surface area contributed by atoms with Gasteiger partial charge in [0.15, 0.2) is 0 Å². The first-order valence-electron chi connectivity index (χ1n) is 14.1. The molecule has 6 N–H and O–H groups in total. The summed E-state index contributed by atoms with van der Waals surface area (Å²) >= 11 is 0. The molecule has 0 aromatic rings. The van der Waals surface area contributed by atoms with Gasteiger partial charge in [-0.25, -0.2) is 0 Å². The van der Waals surface area contributed by atoms with Crippen LogP contribution in [0.25, 0.3) is 0 Å². The average molecular weight is 627 g/mol. The quantitative estimate of drug-likeness (QED) is 0.126. The Morgan fingerprint density at radius 2 is 0.538 bits per heavy atom. The molecule has 0 saturated carbocycles. The highest BCUT2D eigenvalue weighted by Crippen LogP contribution is 2.45. The molecule has 0 aromatic heterocycles. The lowest BCUT2D eigenvalue weighted by atomic mass is 10.3. The van der Waals surface area contributed by atoms with Crippen LogP contribution in [0.15, 0.2) is 0 Å². The van der Waals surface area contributed by atoms with E-state index < -0.39 is 28.2 Å². The van der Waals surface area contributed by atoms with Crippen molar-refractivity contribution < 1.29 is 43.7 Å². The van der Waals surface area contributed by atoms with Crippen molar-refractivity contribution in [1.82, 2.24) is 0 Å². The third kappa shape index (κ3) is 43.0. The van der Waals surface area contributed by atoms with E-state index >= 15 is 0 Å². The van der Waals surface area contributed by atoms with E-state index in [2.05, 4.69) is 0 Å². The Kier molecular flexibility index (Phi) is 28.5. The molecule has 0 aliphatic rings. The van der Waals surface area contributed by atoms with E-state index in [-0.39, 0.29) is 13.2 Å². The summed E-state index contributed by atoms with van der Waals surface area (Å²) in [4.78, 5) is 28.2. The van der Waals surface area contributed by atoms with E-state index in [9.17, 15) is 28.4 Å². The van der Waals surface area contributed by atoms with Crippen molar-refractivity contribution >= 4 is 22.1 Å². The lowest BCUT2D eigenvalue weighted by molar-refractivity contribution is 0.0450. The third-order valence-electron chi connectivity index (χ3n) is 4.32. The number of rotatable bonds is 14. The highest BCUT2D eigenvalue weighted by atomic mass is 31.2. The summed E-state index contributed by atoms with van der Waals surface area (Å²) < 4.78 is 34.2. The molecule has 0 bridgehead atoms. The molecule has 0 atom stereocenters. The Morgan fingerprint density at radius 3 is 0.590 bits per heavy atom. The summed E-state index contributed by atoms with van der Waals surface area (Å²) in [5.41, 5.74) is 0. The number of hydrogen-bond donors (Lipinski definition) is 6. The maximum absolute atomic E-state index is 11.4. The summed E-state index contributed by atoms with van der Waals surface area (Å²) in [6.45, 7) is 23.0. The Balaban J connectivity index is -0.000000214. The molecule has 0 fully saturated rings. The molecule has 242 valence electrons. The predicted molar refractivity (Wildman–Crippen MR) is 168 cm³/mol. The van der Waals surface area contributed by atoms with E-state index in [1.165, 1.54) is 0 Å². The topological polar surface area (TPSA) is 173 Å². The molecule has 0 heterocycles. The van der Waals surface area contributed by atoms with Gasteiger partial charge in [0, 0.05) is 37.0 Å². The highest BCUT2D eigenvalue weighted by molar-refractivity contribution is 7.58. The molecule has 0 unspecified atom stereocenters. The maximum atomic E-state index is 11.4. The Labute approximate surface area is 240 Å². The highest BCUT2D eigenvalue weighted by Gasteiger charge is 2.22. The zero-order valence-electron chi connectivity index (χ0n) is 26.9. The van der Waals surface area contributed by atoms with Crippen molar-refractivity contribution in [2.75, 3.05) is 50.2 Å². The molecule has 0 aromatic carbocycles. The Bertz CT molecular complexity index is 577. The lowest BCUT2D eigenvalue weighted by Crippen LogP contribution is -2.15. The van der Waals surface area contributed by atoms with Crippen LogP contribution in [0.2, 0.25) is 0 Å². The lowest BCUT2D eigenvalue weighted by Gasteiger charge is -2.15. The minimum atomic E-state index is -2.80. The SMILES string of the molecule is CC(C)CP(=O)(O)CC(C)C.CC(C)CP(=O)(O)CC(C)C.CC(C)CP(=O)(O)CC(C)C.OCC(O)CO. The summed E-state index contributed by atoms with van der Waals surface area (Å²) in [5.74, 6) is 1.94. The molecule has 12 heteroatoms.